The minimum atomic E-state index is -0.773. The van der Waals surface area contributed by atoms with Crippen molar-refractivity contribution in [2.45, 2.75) is 252 Å². The van der Waals surface area contributed by atoms with Gasteiger partial charge in [-0.15, -0.1) is 0 Å². The summed E-state index contributed by atoms with van der Waals surface area (Å²) in [5.41, 5.74) is 0. The van der Waals surface area contributed by atoms with Gasteiger partial charge in [-0.3, -0.25) is 14.4 Å². The molecule has 6 nitrogen and oxygen atoms in total. The van der Waals surface area contributed by atoms with Crippen LogP contribution in [0.3, 0.4) is 0 Å². The maximum absolute atomic E-state index is 12.7. The highest BCUT2D eigenvalue weighted by Gasteiger charge is 2.19. The largest absolute Gasteiger partial charge is 0.462 e. The number of carbonyl (C=O) groups excluding carboxylic acids is 3. The maximum Gasteiger partial charge on any atom is 0.306 e. The van der Waals surface area contributed by atoms with Gasteiger partial charge in [0, 0.05) is 19.3 Å². The molecular weight excluding hydrogens is 673 g/mol. The van der Waals surface area contributed by atoms with Crippen molar-refractivity contribution in [2.24, 2.45) is 0 Å². The Morgan fingerprint density at radius 2 is 0.630 bits per heavy atom. The Morgan fingerprint density at radius 3 is 1.02 bits per heavy atom. The summed E-state index contributed by atoms with van der Waals surface area (Å²) >= 11 is 0. The fourth-order valence-electron chi connectivity index (χ4n) is 6.59. The number of allylic oxidation sites excluding steroid dienone is 4. The molecule has 316 valence electrons. The van der Waals surface area contributed by atoms with Crippen molar-refractivity contribution in [3.63, 3.8) is 0 Å². The van der Waals surface area contributed by atoms with E-state index in [1.54, 1.807) is 0 Å². The van der Waals surface area contributed by atoms with Gasteiger partial charge in [-0.05, 0) is 64.2 Å². The van der Waals surface area contributed by atoms with Crippen molar-refractivity contribution in [2.75, 3.05) is 13.2 Å². The third kappa shape index (κ3) is 41.1. The molecule has 0 aliphatic heterocycles. The second kappa shape index (κ2) is 43.6. The van der Waals surface area contributed by atoms with Crippen LogP contribution in [-0.4, -0.2) is 37.2 Å². The average molecular weight is 761 g/mol. The Labute approximate surface area is 334 Å². The summed E-state index contributed by atoms with van der Waals surface area (Å²) in [7, 11) is 0. The Bertz CT molecular complexity index is 880. The zero-order valence-corrected chi connectivity index (χ0v) is 36.0. The number of hydrogen-bond acceptors (Lipinski definition) is 6. The Kier molecular flexibility index (Phi) is 41.9. The van der Waals surface area contributed by atoms with E-state index >= 15 is 0 Å². The van der Waals surface area contributed by atoms with Crippen molar-refractivity contribution in [3.05, 3.63) is 24.3 Å². The normalized spacial score (nSPS) is 12.1. The van der Waals surface area contributed by atoms with Crippen molar-refractivity contribution < 1.29 is 28.6 Å². The summed E-state index contributed by atoms with van der Waals surface area (Å²) in [4.78, 5) is 37.7. The monoisotopic (exact) mass is 761 g/mol. The number of unbranched alkanes of at least 4 members (excludes halogenated alkanes) is 27. The first-order valence-corrected chi connectivity index (χ1v) is 23.3. The van der Waals surface area contributed by atoms with Gasteiger partial charge >= 0.3 is 17.9 Å². The Hall–Kier alpha value is -2.11. The van der Waals surface area contributed by atoms with E-state index in [1.807, 2.05) is 0 Å². The van der Waals surface area contributed by atoms with Gasteiger partial charge in [0.25, 0.3) is 0 Å². The van der Waals surface area contributed by atoms with Crippen LogP contribution in [0.4, 0.5) is 0 Å². The maximum atomic E-state index is 12.7. The van der Waals surface area contributed by atoms with Crippen LogP contribution in [0, 0.1) is 0 Å². The molecule has 0 rings (SSSR count). The zero-order valence-electron chi connectivity index (χ0n) is 36.0. The lowest BCUT2D eigenvalue weighted by Gasteiger charge is -2.18. The first-order valence-electron chi connectivity index (χ1n) is 23.3. The van der Waals surface area contributed by atoms with Gasteiger partial charge in [0.15, 0.2) is 6.10 Å². The molecule has 0 aromatic carbocycles. The lowest BCUT2D eigenvalue weighted by atomic mass is 10.0. The van der Waals surface area contributed by atoms with E-state index < -0.39 is 6.10 Å². The van der Waals surface area contributed by atoms with Crippen LogP contribution in [0.25, 0.3) is 0 Å². The summed E-state index contributed by atoms with van der Waals surface area (Å²) in [6, 6.07) is 0. The second-order valence-corrected chi connectivity index (χ2v) is 15.7. The fourth-order valence-corrected chi connectivity index (χ4v) is 6.59. The summed E-state index contributed by atoms with van der Waals surface area (Å²) in [5, 5.41) is 0. The van der Waals surface area contributed by atoms with Gasteiger partial charge in [0.1, 0.15) is 13.2 Å². The minimum absolute atomic E-state index is 0.0752. The number of carbonyl (C=O) groups is 3. The average Bonchev–Trinajstić information content (AvgIpc) is 3.17. The predicted molar refractivity (Wildman–Crippen MR) is 229 cm³/mol. The standard InChI is InChI=1S/C48H88O6/c1-4-7-10-13-16-19-22-24-25-27-29-32-35-38-41-47(50)53-44-45(43-52-46(49)40-37-34-31-28-21-18-15-12-9-6-3)54-48(51)42-39-36-33-30-26-23-20-17-14-11-8-5-2/h15,17-18,20,45H,4-14,16,19,21-44H2,1-3H3/b18-15-,20-17-. The third-order valence-corrected chi connectivity index (χ3v) is 10.2. The van der Waals surface area contributed by atoms with Gasteiger partial charge in [-0.2, -0.15) is 0 Å². The molecule has 0 aromatic rings. The fraction of sp³-hybridized carbons (Fsp3) is 0.854. The number of hydrogen-bond donors (Lipinski definition) is 0. The summed E-state index contributed by atoms with van der Waals surface area (Å²) in [6.45, 7) is 6.56. The molecule has 54 heavy (non-hydrogen) atoms. The van der Waals surface area contributed by atoms with E-state index in [0.29, 0.717) is 19.3 Å². The molecule has 6 heteroatoms. The summed E-state index contributed by atoms with van der Waals surface area (Å²) in [5.74, 6) is -0.893. The molecule has 0 amide bonds. The topological polar surface area (TPSA) is 78.9 Å². The van der Waals surface area contributed by atoms with E-state index in [4.69, 9.17) is 14.2 Å². The lowest BCUT2D eigenvalue weighted by molar-refractivity contribution is -0.167. The molecule has 0 fully saturated rings. The van der Waals surface area contributed by atoms with Crippen LogP contribution < -0.4 is 0 Å². The van der Waals surface area contributed by atoms with Crippen LogP contribution in [0.15, 0.2) is 24.3 Å². The summed E-state index contributed by atoms with van der Waals surface area (Å²) < 4.78 is 16.7. The van der Waals surface area contributed by atoms with Crippen LogP contribution in [-0.2, 0) is 28.6 Å². The molecule has 0 radical (unpaired) electrons. The molecule has 1 atom stereocenters. The molecule has 1 unspecified atom stereocenters. The molecule has 0 N–H and O–H groups in total. The SMILES string of the molecule is CCCC/C=C\CCCCCCC(=O)OCC(COC(=O)CCCCCCCCCCCCCCCC)OC(=O)CCCCCCC/C=C\CCCCC. The molecule has 0 saturated heterocycles. The molecule has 0 bridgehead atoms. The highest BCUT2D eigenvalue weighted by Crippen LogP contribution is 2.15. The van der Waals surface area contributed by atoms with Crippen molar-refractivity contribution in [1.82, 2.24) is 0 Å². The van der Waals surface area contributed by atoms with Gasteiger partial charge in [0.05, 0.1) is 0 Å². The van der Waals surface area contributed by atoms with E-state index in [2.05, 4.69) is 45.1 Å². The zero-order chi connectivity index (χ0) is 39.4. The van der Waals surface area contributed by atoms with Crippen LogP contribution in [0.1, 0.15) is 245 Å². The van der Waals surface area contributed by atoms with Crippen molar-refractivity contribution in [1.29, 1.82) is 0 Å². The first kappa shape index (κ1) is 51.9. The second-order valence-electron chi connectivity index (χ2n) is 15.7. The molecule has 0 aliphatic rings. The number of ether oxygens (including phenoxy) is 3. The van der Waals surface area contributed by atoms with Crippen molar-refractivity contribution >= 4 is 17.9 Å². The number of esters is 3. The van der Waals surface area contributed by atoms with E-state index in [9.17, 15) is 14.4 Å². The van der Waals surface area contributed by atoms with E-state index in [0.717, 1.165) is 89.9 Å². The quantitative estimate of drug-likeness (QED) is 0.0267. The molecular formula is C48H88O6. The van der Waals surface area contributed by atoms with Gasteiger partial charge in [0.2, 0.25) is 0 Å². The van der Waals surface area contributed by atoms with Gasteiger partial charge in [-0.25, -0.2) is 0 Å². The first-order chi connectivity index (χ1) is 26.5. The molecule has 0 heterocycles. The van der Waals surface area contributed by atoms with Crippen LogP contribution in [0.5, 0.6) is 0 Å². The predicted octanol–water partition coefficient (Wildman–Crippen LogP) is 14.8. The Balaban J connectivity index is 4.35. The lowest BCUT2D eigenvalue weighted by Crippen LogP contribution is -2.30. The molecule has 0 spiro atoms. The molecule has 0 saturated carbocycles. The van der Waals surface area contributed by atoms with E-state index in [-0.39, 0.29) is 31.1 Å². The van der Waals surface area contributed by atoms with Crippen LogP contribution in [0.2, 0.25) is 0 Å². The van der Waals surface area contributed by atoms with Gasteiger partial charge < -0.3 is 14.2 Å². The molecule has 0 aromatic heterocycles. The highest BCUT2D eigenvalue weighted by molar-refractivity contribution is 5.71. The molecule has 0 aliphatic carbocycles. The third-order valence-electron chi connectivity index (χ3n) is 10.2. The number of rotatable bonds is 42. The highest BCUT2D eigenvalue weighted by atomic mass is 16.6. The minimum Gasteiger partial charge on any atom is -0.462 e. The Morgan fingerprint density at radius 1 is 0.352 bits per heavy atom. The smallest absolute Gasteiger partial charge is 0.306 e. The summed E-state index contributed by atoms with van der Waals surface area (Å²) in [6.07, 6.45) is 47.3. The van der Waals surface area contributed by atoms with Gasteiger partial charge in [-0.1, -0.05) is 186 Å². The van der Waals surface area contributed by atoms with E-state index in [1.165, 1.54) is 116 Å². The van der Waals surface area contributed by atoms with Crippen LogP contribution >= 0.6 is 0 Å². The van der Waals surface area contributed by atoms with Crippen molar-refractivity contribution in [3.8, 4) is 0 Å².